The van der Waals surface area contributed by atoms with Crippen molar-refractivity contribution in [1.82, 2.24) is 14.8 Å². The van der Waals surface area contributed by atoms with E-state index in [-0.39, 0.29) is 11.8 Å². The van der Waals surface area contributed by atoms with E-state index in [1.165, 1.54) is 11.3 Å². The highest BCUT2D eigenvalue weighted by atomic mass is 32.1. The number of para-hydroxylation sites is 1. The molecule has 1 fully saturated rings. The summed E-state index contributed by atoms with van der Waals surface area (Å²) in [5.41, 5.74) is 2.62. The lowest BCUT2D eigenvalue weighted by Gasteiger charge is -2.34. The quantitative estimate of drug-likeness (QED) is 0.769. The molecule has 1 aromatic carbocycles. The number of aryl methyl sites for hydroxylation is 1. The third-order valence-electron chi connectivity index (χ3n) is 4.69. The standard InChI is InChI=1S/C19H19N3O2S/c1-13-17(14-5-2-3-6-15(14)20-13)19(24)22-10-8-21(9-11-22)18(23)16-7-4-12-25-16/h2-7,12,20H,8-11H2,1H3. The van der Waals surface area contributed by atoms with Gasteiger partial charge in [-0.05, 0) is 24.4 Å². The van der Waals surface area contributed by atoms with Crippen LogP contribution >= 0.6 is 11.3 Å². The summed E-state index contributed by atoms with van der Waals surface area (Å²) in [5.74, 6) is 0.101. The minimum Gasteiger partial charge on any atom is -0.358 e. The minimum absolute atomic E-state index is 0.0400. The molecule has 2 aromatic heterocycles. The zero-order valence-electron chi connectivity index (χ0n) is 14.0. The number of piperazine rings is 1. The molecule has 0 radical (unpaired) electrons. The Kier molecular flexibility index (Phi) is 4.05. The summed E-state index contributed by atoms with van der Waals surface area (Å²) in [6.45, 7) is 4.21. The van der Waals surface area contributed by atoms with Crippen LogP contribution in [0.15, 0.2) is 41.8 Å². The maximum Gasteiger partial charge on any atom is 0.264 e. The van der Waals surface area contributed by atoms with Crippen molar-refractivity contribution in [3.63, 3.8) is 0 Å². The molecule has 4 rings (SSSR count). The van der Waals surface area contributed by atoms with E-state index < -0.39 is 0 Å². The Hall–Kier alpha value is -2.60. The Morgan fingerprint density at radius 3 is 2.32 bits per heavy atom. The van der Waals surface area contributed by atoms with Crippen molar-refractivity contribution in [1.29, 1.82) is 0 Å². The molecule has 25 heavy (non-hydrogen) atoms. The molecule has 0 aliphatic carbocycles. The fraction of sp³-hybridized carbons (Fsp3) is 0.263. The Bertz CT molecular complexity index is 921. The highest BCUT2D eigenvalue weighted by Gasteiger charge is 2.28. The Morgan fingerprint density at radius 2 is 1.64 bits per heavy atom. The first-order valence-electron chi connectivity index (χ1n) is 8.34. The molecule has 128 valence electrons. The SMILES string of the molecule is Cc1[nH]c2ccccc2c1C(=O)N1CCN(C(=O)c2cccs2)CC1. The first-order valence-corrected chi connectivity index (χ1v) is 9.22. The van der Waals surface area contributed by atoms with Crippen LogP contribution in [0.3, 0.4) is 0 Å². The molecular formula is C19H19N3O2S. The van der Waals surface area contributed by atoms with E-state index >= 15 is 0 Å². The molecule has 2 amide bonds. The highest BCUT2D eigenvalue weighted by Crippen LogP contribution is 2.24. The van der Waals surface area contributed by atoms with Crippen molar-refractivity contribution in [3.8, 4) is 0 Å². The van der Waals surface area contributed by atoms with Gasteiger partial charge >= 0.3 is 0 Å². The lowest BCUT2D eigenvalue weighted by atomic mass is 10.1. The smallest absolute Gasteiger partial charge is 0.264 e. The largest absolute Gasteiger partial charge is 0.358 e. The number of aromatic amines is 1. The van der Waals surface area contributed by atoms with Gasteiger partial charge in [0.15, 0.2) is 0 Å². The van der Waals surface area contributed by atoms with E-state index in [9.17, 15) is 9.59 Å². The third-order valence-corrected chi connectivity index (χ3v) is 5.55. The average molecular weight is 353 g/mol. The number of fused-ring (bicyclic) bond motifs is 1. The molecule has 1 saturated heterocycles. The molecule has 1 aliphatic rings. The maximum absolute atomic E-state index is 13.0. The molecule has 1 N–H and O–H groups in total. The summed E-state index contributed by atoms with van der Waals surface area (Å²) in [4.78, 5) is 33.1. The van der Waals surface area contributed by atoms with E-state index in [1.54, 1.807) is 0 Å². The van der Waals surface area contributed by atoms with Gasteiger partial charge in [0, 0.05) is 42.8 Å². The van der Waals surface area contributed by atoms with Crippen LogP contribution in [0.4, 0.5) is 0 Å². The van der Waals surface area contributed by atoms with Crippen molar-refractivity contribution in [2.45, 2.75) is 6.92 Å². The van der Waals surface area contributed by atoms with Gasteiger partial charge in [0.2, 0.25) is 0 Å². The second-order valence-corrected chi connectivity index (χ2v) is 7.18. The van der Waals surface area contributed by atoms with Crippen LogP contribution in [0.25, 0.3) is 10.9 Å². The number of H-pyrrole nitrogens is 1. The minimum atomic E-state index is 0.0400. The molecule has 6 heteroatoms. The lowest BCUT2D eigenvalue weighted by molar-refractivity contribution is 0.0538. The molecule has 0 bridgehead atoms. The number of rotatable bonds is 2. The number of nitrogens with one attached hydrogen (secondary N) is 1. The van der Waals surface area contributed by atoms with Crippen molar-refractivity contribution >= 4 is 34.1 Å². The van der Waals surface area contributed by atoms with E-state index in [1.807, 2.05) is 58.5 Å². The number of amides is 2. The number of hydrogen-bond donors (Lipinski definition) is 1. The van der Waals surface area contributed by atoms with E-state index in [0.717, 1.165) is 27.0 Å². The average Bonchev–Trinajstić information content (AvgIpc) is 3.27. The summed E-state index contributed by atoms with van der Waals surface area (Å²) in [5, 5.41) is 2.87. The van der Waals surface area contributed by atoms with Gasteiger partial charge in [0.25, 0.3) is 11.8 Å². The zero-order valence-corrected chi connectivity index (χ0v) is 14.8. The van der Waals surface area contributed by atoms with Crippen LogP contribution in [0, 0.1) is 6.92 Å². The fourth-order valence-corrected chi connectivity index (χ4v) is 4.07. The summed E-state index contributed by atoms with van der Waals surface area (Å²) in [6.07, 6.45) is 0. The number of aromatic nitrogens is 1. The molecular weight excluding hydrogens is 334 g/mol. The van der Waals surface area contributed by atoms with E-state index in [4.69, 9.17) is 0 Å². The van der Waals surface area contributed by atoms with Gasteiger partial charge in [-0.15, -0.1) is 11.3 Å². The molecule has 0 unspecified atom stereocenters. The van der Waals surface area contributed by atoms with Gasteiger partial charge in [-0.25, -0.2) is 0 Å². The molecule has 3 aromatic rings. The monoisotopic (exact) mass is 353 g/mol. The van der Waals surface area contributed by atoms with Crippen LogP contribution in [-0.2, 0) is 0 Å². The highest BCUT2D eigenvalue weighted by molar-refractivity contribution is 7.12. The van der Waals surface area contributed by atoms with Gasteiger partial charge in [-0.2, -0.15) is 0 Å². The maximum atomic E-state index is 13.0. The first-order chi connectivity index (χ1) is 12.1. The topological polar surface area (TPSA) is 56.4 Å². The summed E-state index contributed by atoms with van der Waals surface area (Å²) in [6, 6.07) is 11.6. The van der Waals surface area contributed by atoms with Crippen molar-refractivity contribution < 1.29 is 9.59 Å². The number of nitrogens with zero attached hydrogens (tertiary/aromatic N) is 2. The predicted molar refractivity (Wildman–Crippen MR) is 99.2 cm³/mol. The second-order valence-electron chi connectivity index (χ2n) is 6.23. The van der Waals surface area contributed by atoms with Crippen LogP contribution in [-0.4, -0.2) is 52.8 Å². The van der Waals surface area contributed by atoms with Crippen molar-refractivity contribution in [2.24, 2.45) is 0 Å². The van der Waals surface area contributed by atoms with Crippen molar-refractivity contribution in [2.75, 3.05) is 26.2 Å². The van der Waals surface area contributed by atoms with Gasteiger partial charge in [0.1, 0.15) is 0 Å². The van der Waals surface area contributed by atoms with Gasteiger partial charge in [-0.3, -0.25) is 9.59 Å². The zero-order chi connectivity index (χ0) is 17.4. The number of hydrogen-bond acceptors (Lipinski definition) is 3. The van der Waals surface area contributed by atoms with E-state index in [0.29, 0.717) is 26.2 Å². The Morgan fingerprint density at radius 1 is 0.960 bits per heavy atom. The van der Waals surface area contributed by atoms with Gasteiger partial charge < -0.3 is 14.8 Å². The van der Waals surface area contributed by atoms with Gasteiger partial charge in [-0.1, -0.05) is 24.3 Å². The molecule has 5 nitrogen and oxygen atoms in total. The summed E-state index contributed by atoms with van der Waals surface area (Å²) >= 11 is 1.46. The summed E-state index contributed by atoms with van der Waals surface area (Å²) in [7, 11) is 0. The Labute approximate surface area is 149 Å². The predicted octanol–water partition coefficient (Wildman–Crippen LogP) is 3.14. The molecule has 3 heterocycles. The molecule has 0 saturated carbocycles. The Balaban J connectivity index is 1.50. The third kappa shape index (κ3) is 2.82. The fourth-order valence-electron chi connectivity index (χ4n) is 3.38. The van der Waals surface area contributed by atoms with Crippen LogP contribution in [0.5, 0.6) is 0 Å². The normalized spacial score (nSPS) is 14.9. The molecule has 0 spiro atoms. The number of thiophene rings is 1. The molecule has 0 atom stereocenters. The number of carbonyl (C=O) groups is 2. The number of benzene rings is 1. The second kappa shape index (κ2) is 6.37. The summed E-state index contributed by atoms with van der Waals surface area (Å²) < 4.78 is 0. The van der Waals surface area contributed by atoms with Gasteiger partial charge in [0.05, 0.1) is 10.4 Å². The van der Waals surface area contributed by atoms with Crippen molar-refractivity contribution in [3.05, 3.63) is 57.9 Å². The first kappa shape index (κ1) is 15.9. The molecule has 1 aliphatic heterocycles. The lowest BCUT2D eigenvalue weighted by Crippen LogP contribution is -2.50. The van der Waals surface area contributed by atoms with E-state index in [2.05, 4.69) is 4.98 Å². The van der Waals surface area contributed by atoms with Crippen LogP contribution < -0.4 is 0 Å². The van der Waals surface area contributed by atoms with Crippen LogP contribution in [0.1, 0.15) is 25.7 Å². The van der Waals surface area contributed by atoms with Crippen LogP contribution in [0.2, 0.25) is 0 Å². The number of carbonyl (C=O) groups excluding carboxylic acids is 2.